The summed E-state index contributed by atoms with van der Waals surface area (Å²) in [4.78, 5) is 25.2. The molecule has 9 heteroatoms. The molecule has 0 aliphatic carbocycles. The number of rotatable bonds is 6. The van der Waals surface area contributed by atoms with Crippen LogP contribution in [0.25, 0.3) is 0 Å². The molecule has 0 radical (unpaired) electrons. The number of thiophene rings is 1. The lowest BCUT2D eigenvalue weighted by Crippen LogP contribution is -2.25. The van der Waals surface area contributed by atoms with Crippen molar-refractivity contribution in [2.45, 2.75) is 57.1 Å². The van der Waals surface area contributed by atoms with Gasteiger partial charge in [0.1, 0.15) is 0 Å². The van der Waals surface area contributed by atoms with E-state index >= 15 is 0 Å². The normalized spacial score (nSPS) is 12.9. The summed E-state index contributed by atoms with van der Waals surface area (Å²) in [7, 11) is 0. The van der Waals surface area contributed by atoms with Gasteiger partial charge in [-0.25, -0.2) is 4.68 Å². The molecule has 130 valence electrons. The van der Waals surface area contributed by atoms with Gasteiger partial charge in [-0.3, -0.25) is 9.59 Å². The Morgan fingerprint density at radius 2 is 2.08 bits per heavy atom. The number of carbonyl (C=O) groups is 2. The Morgan fingerprint density at radius 1 is 1.38 bits per heavy atom. The van der Waals surface area contributed by atoms with E-state index < -0.39 is 0 Å². The maximum absolute atomic E-state index is 12.6. The Hall–Kier alpha value is -1.74. The fourth-order valence-electron chi connectivity index (χ4n) is 1.90. The Labute approximate surface area is 149 Å². The van der Waals surface area contributed by atoms with E-state index in [9.17, 15) is 9.59 Å². The second-order valence-electron chi connectivity index (χ2n) is 6.34. The topological polar surface area (TPSA) is 89.8 Å². The molecule has 7 nitrogen and oxygen atoms in total. The highest BCUT2D eigenvalue weighted by atomic mass is 32.2. The lowest BCUT2D eigenvalue weighted by molar-refractivity contribution is -0.119. The van der Waals surface area contributed by atoms with E-state index in [-0.39, 0.29) is 22.5 Å². The third-order valence-electron chi connectivity index (χ3n) is 3.14. The summed E-state index contributed by atoms with van der Waals surface area (Å²) >= 11 is 2.75. The first-order valence-corrected chi connectivity index (χ1v) is 9.21. The SMILES string of the molecule is CC(=O)NCc1ccc(C(=O)[C@H](C)Sc2nnnn2C(C)(C)C)s1. The molecule has 24 heavy (non-hydrogen) atoms. The van der Waals surface area contributed by atoms with Gasteiger partial charge in [-0.1, -0.05) is 11.8 Å². The first-order chi connectivity index (χ1) is 11.2. The number of thioether (sulfide) groups is 1. The van der Waals surface area contributed by atoms with Crippen LogP contribution in [-0.4, -0.2) is 37.1 Å². The highest BCUT2D eigenvalue weighted by Gasteiger charge is 2.25. The lowest BCUT2D eigenvalue weighted by Gasteiger charge is -2.20. The highest BCUT2D eigenvalue weighted by Crippen LogP contribution is 2.28. The molecule has 0 aromatic carbocycles. The maximum Gasteiger partial charge on any atom is 0.217 e. The van der Waals surface area contributed by atoms with Crippen LogP contribution in [0.4, 0.5) is 0 Å². The Balaban J connectivity index is 2.05. The number of carbonyl (C=O) groups excluding carboxylic acids is 2. The van der Waals surface area contributed by atoms with Gasteiger partial charge in [0.15, 0.2) is 5.78 Å². The van der Waals surface area contributed by atoms with Crippen molar-refractivity contribution in [3.8, 4) is 0 Å². The van der Waals surface area contributed by atoms with Gasteiger partial charge in [0.25, 0.3) is 0 Å². The number of hydrogen-bond donors (Lipinski definition) is 1. The van der Waals surface area contributed by atoms with Crippen LogP contribution in [0.1, 0.15) is 49.2 Å². The van der Waals surface area contributed by atoms with E-state index in [0.29, 0.717) is 16.6 Å². The summed E-state index contributed by atoms with van der Waals surface area (Å²) < 4.78 is 1.72. The van der Waals surface area contributed by atoms with Crippen molar-refractivity contribution in [2.24, 2.45) is 0 Å². The number of aromatic nitrogens is 4. The van der Waals surface area contributed by atoms with Crippen molar-refractivity contribution in [3.63, 3.8) is 0 Å². The van der Waals surface area contributed by atoms with E-state index in [1.807, 2.05) is 33.8 Å². The quantitative estimate of drug-likeness (QED) is 0.623. The third kappa shape index (κ3) is 4.64. The van der Waals surface area contributed by atoms with Crippen LogP contribution >= 0.6 is 23.1 Å². The largest absolute Gasteiger partial charge is 0.351 e. The van der Waals surface area contributed by atoms with Crippen molar-refractivity contribution in [3.05, 3.63) is 21.9 Å². The Kier molecular flexibility index (Phi) is 5.76. The van der Waals surface area contributed by atoms with Gasteiger partial charge < -0.3 is 5.32 Å². The van der Waals surface area contributed by atoms with E-state index in [4.69, 9.17) is 0 Å². The molecule has 2 aromatic rings. The van der Waals surface area contributed by atoms with Gasteiger partial charge in [-0.15, -0.1) is 16.4 Å². The van der Waals surface area contributed by atoms with Gasteiger partial charge >= 0.3 is 0 Å². The molecule has 2 heterocycles. The average Bonchev–Trinajstić information content (AvgIpc) is 3.12. The zero-order valence-corrected chi connectivity index (χ0v) is 16.0. The molecule has 1 amide bonds. The monoisotopic (exact) mass is 367 g/mol. The summed E-state index contributed by atoms with van der Waals surface area (Å²) in [6, 6.07) is 3.67. The second kappa shape index (κ2) is 7.43. The van der Waals surface area contributed by atoms with Crippen LogP contribution in [-0.2, 0) is 16.9 Å². The third-order valence-corrected chi connectivity index (χ3v) is 5.28. The van der Waals surface area contributed by atoms with E-state index in [2.05, 4.69) is 20.8 Å². The summed E-state index contributed by atoms with van der Waals surface area (Å²) in [5, 5.41) is 14.8. The number of amides is 1. The number of Topliss-reactive ketones (excluding diaryl/α,β-unsaturated/α-hetero) is 1. The summed E-state index contributed by atoms with van der Waals surface area (Å²) in [6.45, 7) is 9.78. The molecule has 2 aromatic heterocycles. The Bertz CT molecular complexity index is 732. The molecular formula is C15H21N5O2S2. The fourth-order valence-corrected chi connectivity index (χ4v) is 4.00. The molecule has 0 fully saturated rings. The van der Waals surface area contributed by atoms with Gasteiger partial charge in [0.05, 0.1) is 22.2 Å². The van der Waals surface area contributed by atoms with Crippen LogP contribution in [0, 0.1) is 0 Å². The minimum absolute atomic E-state index is 0.0301. The van der Waals surface area contributed by atoms with Gasteiger partial charge in [-0.2, -0.15) is 0 Å². The van der Waals surface area contributed by atoms with E-state index in [1.165, 1.54) is 30.0 Å². The van der Waals surface area contributed by atoms with Gasteiger partial charge in [0.2, 0.25) is 11.1 Å². The lowest BCUT2D eigenvalue weighted by atomic mass is 10.1. The van der Waals surface area contributed by atoms with Crippen LogP contribution in [0.5, 0.6) is 0 Å². The smallest absolute Gasteiger partial charge is 0.217 e. The standard InChI is InChI=1S/C15H21N5O2S2/c1-9(23-14-17-18-19-20(14)15(3,4)5)13(22)12-7-6-11(24-12)8-16-10(2)21/h6-7,9H,8H2,1-5H3,(H,16,21)/t9-/m0/s1. The summed E-state index contributed by atoms with van der Waals surface area (Å²) in [5.41, 5.74) is -0.247. The molecule has 0 aliphatic heterocycles. The molecule has 0 saturated carbocycles. The van der Waals surface area contributed by atoms with E-state index in [0.717, 1.165) is 4.88 Å². The van der Waals surface area contributed by atoms with Gasteiger partial charge in [0, 0.05) is 11.8 Å². The van der Waals surface area contributed by atoms with Crippen molar-refractivity contribution in [2.75, 3.05) is 0 Å². The molecular weight excluding hydrogens is 346 g/mol. The number of nitrogens with one attached hydrogen (secondary N) is 1. The Morgan fingerprint density at radius 3 is 2.71 bits per heavy atom. The number of ketones is 1. The number of nitrogens with zero attached hydrogens (tertiary/aromatic N) is 4. The minimum Gasteiger partial charge on any atom is -0.351 e. The predicted molar refractivity (Wildman–Crippen MR) is 94.3 cm³/mol. The second-order valence-corrected chi connectivity index (χ2v) is 8.82. The summed E-state index contributed by atoms with van der Waals surface area (Å²) in [6.07, 6.45) is 0. The zero-order chi connectivity index (χ0) is 17.9. The van der Waals surface area contributed by atoms with E-state index in [1.54, 1.807) is 10.7 Å². The minimum atomic E-state index is -0.302. The maximum atomic E-state index is 12.6. The molecule has 0 aliphatic rings. The fraction of sp³-hybridized carbons (Fsp3) is 0.533. The zero-order valence-electron chi connectivity index (χ0n) is 14.4. The molecule has 0 unspecified atom stereocenters. The van der Waals surface area contributed by atoms with Crippen molar-refractivity contribution < 1.29 is 9.59 Å². The number of hydrogen-bond acceptors (Lipinski definition) is 7. The first-order valence-electron chi connectivity index (χ1n) is 7.51. The molecule has 0 saturated heterocycles. The molecule has 1 atom stereocenters. The average molecular weight is 368 g/mol. The van der Waals surface area contributed by atoms with Crippen LogP contribution in [0.2, 0.25) is 0 Å². The van der Waals surface area contributed by atoms with Crippen molar-refractivity contribution in [1.82, 2.24) is 25.5 Å². The number of tetrazole rings is 1. The van der Waals surface area contributed by atoms with Crippen LogP contribution in [0.15, 0.2) is 17.3 Å². The summed E-state index contributed by atoms with van der Waals surface area (Å²) in [5.74, 6) is -0.0586. The van der Waals surface area contributed by atoms with Crippen LogP contribution in [0.3, 0.4) is 0 Å². The highest BCUT2D eigenvalue weighted by molar-refractivity contribution is 8.00. The molecule has 1 N–H and O–H groups in total. The van der Waals surface area contributed by atoms with Crippen LogP contribution < -0.4 is 5.32 Å². The predicted octanol–water partition coefficient (Wildman–Crippen LogP) is 2.49. The molecule has 0 bridgehead atoms. The first kappa shape index (κ1) is 18.6. The molecule has 2 rings (SSSR count). The van der Waals surface area contributed by atoms with Crippen molar-refractivity contribution >= 4 is 34.8 Å². The van der Waals surface area contributed by atoms with Crippen molar-refractivity contribution in [1.29, 1.82) is 0 Å². The molecule has 0 spiro atoms. The van der Waals surface area contributed by atoms with Gasteiger partial charge in [-0.05, 0) is 50.3 Å².